The van der Waals surface area contributed by atoms with E-state index in [1.54, 1.807) is 18.2 Å². The molecule has 0 heterocycles. The van der Waals surface area contributed by atoms with Gasteiger partial charge in [0.25, 0.3) is 0 Å². The number of rotatable bonds is 6. The van der Waals surface area contributed by atoms with E-state index in [-0.39, 0.29) is 5.69 Å². The first-order valence-electron chi connectivity index (χ1n) is 7.43. The standard InChI is InChI=1S/C17H19FN2O3S2/c1-12(17(21)19-13-7-6-8-14(11-13)24-2)20(25(3,22)23)16-10-5-4-9-15(16)18/h4-12H,1-3H3,(H,19,21). The monoisotopic (exact) mass is 382 g/mol. The van der Waals surface area contributed by atoms with Crippen LogP contribution in [0.4, 0.5) is 15.8 Å². The fraction of sp³-hybridized carbons (Fsp3) is 0.235. The van der Waals surface area contributed by atoms with Gasteiger partial charge in [-0.15, -0.1) is 11.8 Å². The van der Waals surface area contributed by atoms with Crippen molar-refractivity contribution in [1.29, 1.82) is 0 Å². The lowest BCUT2D eigenvalue weighted by molar-refractivity contribution is -0.116. The summed E-state index contributed by atoms with van der Waals surface area (Å²) in [6.07, 6.45) is 2.85. The van der Waals surface area contributed by atoms with Gasteiger partial charge in [0.15, 0.2) is 0 Å². The summed E-state index contributed by atoms with van der Waals surface area (Å²) in [6.45, 7) is 1.42. The Morgan fingerprint density at radius 2 is 1.88 bits per heavy atom. The van der Waals surface area contributed by atoms with Gasteiger partial charge in [0.2, 0.25) is 15.9 Å². The first-order chi connectivity index (χ1) is 11.7. The molecule has 1 atom stereocenters. The molecule has 1 unspecified atom stereocenters. The van der Waals surface area contributed by atoms with E-state index in [0.29, 0.717) is 5.69 Å². The van der Waals surface area contributed by atoms with E-state index in [9.17, 15) is 17.6 Å². The molecule has 1 amide bonds. The molecule has 8 heteroatoms. The summed E-state index contributed by atoms with van der Waals surface area (Å²) in [4.78, 5) is 13.5. The van der Waals surface area contributed by atoms with Crippen molar-refractivity contribution >= 4 is 39.1 Å². The van der Waals surface area contributed by atoms with Gasteiger partial charge in [-0.05, 0) is 43.5 Å². The average molecular weight is 382 g/mol. The normalized spacial score (nSPS) is 12.5. The van der Waals surface area contributed by atoms with Crippen molar-refractivity contribution in [2.45, 2.75) is 17.9 Å². The molecule has 25 heavy (non-hydrogen) atoms. The molecule has 0 aliphatic carbocycles. The van der Waals surface area contributed by atoms with Crippen LogP contribution in [-0.4, -0.2) is 32.9 Å². The summed E-state index contributed by atoms with van der Waals surface area (Å²) in [7, 11) is -3.86. The molecule has 0 saturated carbocycles. The van der Waals surface area contributed by atoms with Crippen LogP contribution < -0.4 is 9.62 Å². The molecule has 2 aromatic carbocycles. The highest BCUT2D eigenvalue weighted by Crippen LogP contribution is 2.25. The van der Waals surface area contributed by atoms with Crippen molar-refractivity contribution in [3.05, 3.63) is 54.3 Å². The van der Waals surface area contributed by atoms with Gasteiger partial charge in [0.1, 0.15) is 11.9 Å². The van der Waals surface area contributed by atoms with Gasteiger partial charge in [-0.3, -0.25) is 9.10 Å². The Morgan fingerprint density at radius 3 is 2.48 bits per heavy atom. The average Bonchev–Trinajstić information content (AvgIpc) is 2.55. The fourth-order valence-corrected chi connectivity index (χ4v) is 3.99. The lowest BCUT2D eigenvalue weighted by Gasteiger charge is -2.28. The number of para-hydroxylation sites is 1. The number of benzene rings is 2. The molecule has 0 spiro atoms. The zero-order valence-corrected chi connectivity index (χ0v) is 15.7. The van der Waals surface area contributed by atoms with Gasteiger partial charge < -0.3 is 5.32 Å². The van der Waals surface area contributed by atoms with Gasteiger partial charge in [-0.1, -0.05) is 18.2 Å². The zero-order valence-electron chi connectivity index (χ0n) is 14.1. The highest BCUT2D eigenvalue weighted by molar-refractivity contribution is 7.98. The minimum atomic E-state index is -3.86. The van der Waals surface area contributed by atoms with Gasteiger partial charge in [0, 0.05) is 10.6 Å². The highest BCUT2D eigenvalue weighted by Gasteiger charge is 2.30. The largest absolute Gasteiger partial charge is 0.324 e. The maximum Gasteiger partial charge on any atom is 0.247 e. The topological polar surface area (TPSA) is 66.5 Å². The molecule has 0 aliphatic heterocycles. The van der Waals surface area contributed by atoms with Crippen LogP contribution in [0.3, 0.4) is 0 Å². The predicted octanol–water partition coefficient (Wildman–Crippen LogP) is 3.34. The second kappa shape index (κ2) is 7.88. The first-order valence-corrected chi connectivity index (χ1v) is 10.5. The van der Waals surface area contributed by atoms with Gasteiger partial charge >= 0.3 is 0 Å². The molecule has 0 aliphatic rings. The molecular weight excluding hydrogens is 363 g/mol. The second-order valence-corrected chi connectivity index (χ2v) is 8.15. The SMILES string of the molecule is CSc1cccc(NC(=O)C(C)N(c2ccccc2F)S(C)(=O)=O)c1. The number of nitrogens with zero attached hydrogens (tertiary/aromatic N) is 1. The Morgan fingerprint density at radius 1 is 1.20 bits per heavy atom. The summed E-state index contributed by atoms with van der Waals surface area (Å²) in [5, 5.41) is 2.68. The molecule has 1 N–H and O–H groups in total. The van der Waals surface area contributed by atoms with Crippen molar-refractivity contribution in [3.63, 3.8) is 0 Å². The minimum absolute atomic E-state index is 0.162. The number of halogens is 1. The number of carbonyl (C=O) groups excluding carboxylic acids is 1. The number of sulfonamides is 1. The Balaban J connectivity index is 2.32. The van der Waals surface area contributed by atoms with Crippen LogP contribution in [0.2, 0.25) is 0 Å². The van der Waals surface area contributed by atoms with Crippen LogP contribution in [0.15, 0.2) is 53.4 Å². The third-order valence-corrected chi connectivity index (χ3v) is 5.47. The molecule has 0 bridgehead atoms. The number of thioether (sulfide) groups is 1. The molecule has 134 valence electrons. The molecule has 2 aromatic rings. The molecular formula is C17H19FN2O3S2. The van der Waals surface area contributed by atoms with Gasteiger partial charge in [0.05, 0.1) is 11.9 Å². The maximum absolute atomic E-state index is 14.1. The third kappa shape index (κ3) is 4.73. The number of hydrogen-bond acceptors (Lipinski definition) is 4. The van der Waals surface area contributed by atoms with E-state index in [4.69, 9.17) is 0 Å². The second-order valence-electron chi connectivity index (χ2n) is 5.41. The van der Waals surface area contributed by atoms with Crippen molar-refractivity contribution in [2.24, 2.45) is 0 Å². The minimum Gasteiger partial charge on any atom is -0.324 e. The lowest BCUT2D eigenvalue weighted by atomic mass is 10.2. The van der Waals surface area contributed by atoms with E-state index < -0.39 is 27.8 Å². The van der Waals surface area contributed by atoms with Crippen molar-refractivity contribution in [2.75, 3.05) is 22.1 Å². The van der Waals surface area contributed by atoms with Gasteiger partial charge in [-0.25, -0.2) is 12.8 Å². The van der Waals surface area contributed by atoms with Crippen LogP contribution in [0.1, 0.15) is 6.92 Å². The van der Waals surface area contributed by atoms with Gasteiger partial charge in [-0.2, -0.15) is 0 Å². The van der Waals surface area contributed by atoms with Crippen LogP contribution in [0, 0.1) is 5.82 Å². The quantitative estimate of drug-likeness (QED) is 0.778. The Hall–Kier alpha value is -2.06. The van der Waals surface area contributed by atoms with E-state index in [1.165, 1.54) is 36.9 Å². The number of hydrogen-bond donors (Lipinski definition) is 1. The van der Waals surface area contributed by atoms with Crippen LogP contribution in [0.25, 0.3) is 0 Å². The van der Waals surface area contributed by atoms with Crippen molar-refractivity contribution in [3.8, 4) is 0 Å². The van der Waals surface area contributed by atoms with Crippen molar-refractivity contribution < 1.29 is 17.6 Å². The summed E-state index contributed by atoms with van der Waals surface area (Å²) in [5.74, 6) is -1.26. The van der Waals surface area contributed by atoms with Crippen LogP contribution >= 0.6 is 11.8 Å². The Kier molecular flexibility index (Phi) is 6.07. The zero-order chi connectivity index (χ0) is 18.6. The van der Waals surface area contributed by atoms with E-state index in [0.717, 1.165) is 21.5 Å². The first kappa shape index (κ1) is 19.3. The lowest BCUT2D eigenvalue weighted by Crippen LogP contribution is -2.45. The van der Waals surface area contributed by atoms with E-state index >= 15 is 0 Å². The van der Waals surface area contributed by atoms with E-state index in [1.807, 2.05) is 12.3 Å². The highest BCUT2D eigenvalue weighted by atomic mass is 32.2. The number of carbonyl (C=O) groups is 1. The molecule has 0 aromatic heterocycles. The number of nitrogens with one attached hydrogen (secondary N) is 1. The Labute approximate surface area is 151 Å². The number of amides is 1. The maximum atomic E-state index is 14.1. The molecule has 0 fully saturated rings. The summed E-state index contributed by atoms with van der Waals surface area (Å²) < 4.78 is 39.2. The number of anilines is 2. The predicted molar refractivity (Wildman–Crippen MR) is 100 cm³/mol. The smallest absolute Gasteiger partial charge is 0.247 e. The summed E-state index contributed by atoms with van der Waals surface area (Å²) in [5.41, 5.74) is 0.385. The summed E-state index contributed by atoms with van der Waals surface area (Å²) >= 11 is 1.52. The van der Waals surface area contributed by atoms with Crippen molar-refractivity contribution in [1.82, 2.24) is 0 Å². The molecule has 0 saturated heterocycles. The Bertz CT molecular complexity index is 872. The molecule has 0 radical (unpaired) electrons. The molecule has 2 rings (SSSR count). The third-order valence-electron chi connectivity index (χ3n) is 3.52. The van der Waals surface area contributed by atoms with Crippen LogP contribution in [-0.2, 0) is 14.8 Å². The fourth-order valence-electron chi connectivity index (χ4n) is 2.36. The van der Waals surface area contributed by atoms with Crippen LogP contribution in [0.5, 0.6) is 0 Å². The summed E-state index contributed by atoms with van der Waals surface area (Å²) in [6, 6.07) is 11.5. The molecule has 5 nitrogen and oxygen atoms in total. The van der Waals surface area contributed by atoms with E-state index in [2.05, 4.69) is 5.32 Å².